The van der Waals surface area contributed by atoms with E-state index in [1.54, 1.807) is 11.0 Å². The van der Waals surface area contributed by atoms with Crippen molar-refractivity contribution in [3.8, 4) is 0 Å². The van der Waals surface area contributed by atoms with Crippen molar-refractivity contribution in [2.75, 3.05) is 25.9 Å². The molecule has 1 aromatic rings. The Labute approximate surface area is 147 Å². The standard InChI is InChI=1S/C17H24FN3O3S/c1-25(23,24)20-15-6-3-9-21(11-15)16(22)19-12-17(7-8-17)13-4-2-5-14(18)10-13/h2,4-5,10,15,20H,3,6-9,11-12H2,1H3,(H,19,22). The van der Waals surface area contributed by atoms with Gasteiger partial charge in [-0.05, 0) is 43.4 Å². The molecule has 1 unspecified atom stereocenters. The predicted octanol–water partition coefficient (Wildman–Crippen LogP) is 1.58. The topological polar surface area (TPSA) is 78.5 Å². The van der Waals surface area contributed by atoms with Gasteiger partial charge in [-0.3, -0.25) is 0 Å². The zero-order valence-electron chi connectivity index (χ0n) is 14.3. The van der Waals surface area contributed by atoms with Gasteiger partial charge in [-0.2, -0.15) is 0 Å². The lowest BCUT2D eigenvalue weighted by atomic mass is 9.96. The number of nitrogens with one attached hydrogen (secondary N) is 2. The molecule has 3 rings (SSSR count). The third kappa shape index (κ3) is 4.70. The fraction of sp³-hybridized carbons (Fsp3) is 0.588. The third-order valence-corrected chi connectivity index (χ3v) is 5.72. The van der Waals surface area contributed by atoms with E-state index in [1.807, 2.05) is 6.07 Å². The SMILES string of the molecule is CS(=O)(=O)NC1CCCN(C(=O)NCC2(c3cccc(F)c3)CC2)C1. The number of hydrogen-bond donors (Lipinski definition) is 2. The van der Waals surface area contributed by atoms with Gasteiger partial charge in [-0.15, -0.1) is 0 Å². The van der Waals surface area contributed by atoms with Gasteiger partial charge >= 0.3 is 6.03 Å². The van der Waals surface area contributed by atoms with Crippen LogP contribution in [0.4, 0.5) is 9.18 Å². The van der Waals surface area contributed by atoms with Gasteiger partial charge < -0.3 is 10.2 Å². The first kappa shape index (κ1) is 18.1. The Morgan fingerprint density at radius 1 is 1.40 bits per heavy atom. The highest BCUT2D eigenvalue weighted by Gasteiger charge is 2.44. The molecule has 138 valence electrons. The van der Waals surface area contributed by atoms with Gasteiger partial charge in [0.25, 0.3) is 0 Å². The van der Waals surface area contributed by atoms with Crippen LogP contribution in [-0.4, -0.2) is 51.3 Å². The molecule has 2 amide bonds. The maximum absolute atomic E-state index is 13.4. The molecule has 0 radical (unpaired) electrons. The molecule has 0 bridgehead atoms. The number of likely N-dealkylation sites (tertiary alicyclic amines) is 1. The maximum atomic E-state index is 13.4. The molecular formula is C17H24FN3O3S. The minimum atomic E-state index is -3.28. The molecule has 1 aromatic carbocycles. The molecule has 25 heavy (non-hydrogen) atoms. The van der Waals surface area contributed by atoms with Gasteiger partial charge in [0.1, 0.15) is 5.82 Å². The molecule has 1 aliphatic heterocycles. The van der Waals surface area contributed by atoms with Crippen LogP contribution in [-0.2, 0) is 15.4 Å². The highest BCUT2D eigenvalue weighted by molar-refractivity contribution is 7.88. The summed E-state index contributed by atoms with van der Waals surface area (Å²) in [5, 5.41) is 2.94. The summed E-state index contributed by atoms with van der Waals surface area (Å²) < 4.78 is 38.7. The molecule has 2 fully saturated rings. The molecule has 1 saturated heterocycles. The van der Waals surface area contributed by atoms with Crippen molar-refractivity contribution in [3.63, 3.8) is 0 Å². The van der Waals surface area contributed by atoms with Crippen LogP contribution in [0.2, 0.25) is 0 Å². The molecular weight excluding hydrogens is 345 g/mol. The van der Waals surface area contributed by atoms with Crippen LogP contribution in [0.15, 0.2) is 24.3 Å². The summed E-state index contributed by atoms with van der Waals surface area (Å²) in [6.07, 6.45) is 4.46. The van der Waals surface area contributed by atoms with Crippen molar-refractivity contribution < 1.29 is 17.6 Å². The Kier molecular flexibility index (Phi) is 5.02. The fourth-order valence-corrected chi connectivity index (χ4v) is 4.25. The number of piperidine rings is 1. The highest BCUT2D eigenvalue weighted by Crippen LogP contribution is 2.47. The smallest absolute Gasteiger partial charge is 0.317 e. The van der Waals surface area contributed by atoms with Crippen LogP contribution in [0, 0.1) is 5.82 Å². The number of carbonyl (C=O) groups excluding carboxylic acids is 1. The lowest BCUT2D eigenvalue weighted by Crippen LogP contribution is -2.52. The second kappa shape index (κ2) is 6.92. The zero-order chi connectivity index (χ0) is 18.1. The van der Waals surface area contributed by atoms with Gasteiger partial charge in [-0.25, -0.2) is 22.3 Å². The number of carbonyl (C=O) groups is 1. The van der Waals surface area contributed by atoms with E-state index in [0.29, 0.717) is 19.6 Å². The zero-order valence-corrected chi connectivity index (χ0v) is 15.1. The summed E-state index contributed by atoms with van der Waals surface area (Å²) in [7, 11) is -3.28. The molecule has 1 atom stereocenters. The van der Waals surface area contributed by atoms with Crippen molar-refractivity contribution >= 4 is 16.1 Å². The van der Waals surface area contributed by atoms with Gasteiger partial charge in [-0.1, -0.05) is 12.1 Å². The highest BCUT2D eigenvalue weighted by atomic mass is 32.2. The number of amides is 2. The minimum absolute atomic E-state index is 0.169. The molecule has 1 aliphatic carbocycles. The van der Waals surface area contributed by atoms with E-state index in [0.717, 1.165) is 37.5 Å². The number of nitrogens with zero attached hydrogens (tertiary/aromatic N) is 1. The van der Waals surface area contributed by atoms with E-state index in [4.69, 9.17) is 0 Å². The molecule has 2 N–H and O–H groups in total. The van der Waals surface area contributed by atoms with Gasteiger partial charge in [0.05, 0.1) is 6.26 Å². The Morgan fingerprint density at radius 2 is 2.16 bits per heavy atom. The van der Waals surface area contributed by atoms with Crippen molar-refractivity contribution in [1.29, 1.82) is 0 Å². The van der Waals surface area contributed by atoms with E-state index >= 15 is 0 Å². The Balaban J connectivity index is 1.56. The lowest BCUT2D eigenvalue weighted by molar-refractivity contribution is 0.176. The van der Waals surface area contributed by atoms with Gasteiger partial charge in [0.2, 0.25) is 10.0 Å². The van der Waals surface area contributed by atoms with E-state index in [-0.39, 0.29) is 23.3 Å². The molecule has 0 spiro atoms. The third-order valence-electron chi connectivity index (χ3n) is 4.96. The molecule has 8 heteroatoms. The minimum Gasteiger partial charge on any atom is -0.337 e. The van der Waals surface area contributed by atoms with Crippen LogP contribution >= 0.6 is 0 Å². The average molecular weight is 369 g/mol. The molecule has 1 saturated carbocycles. The summed E-state index contributed by atoms with van der Waals surface area (Å²) in [5.41, 5.74) is 0.751. The lowest BCUT2D eigenvalue weighted by Gasteiger charge is -2.33. The van der Waals surface area contributed by atoms with Crippen LogP contribution in [0.25, 0.3) is 0 Å². The number of hydrogen-bond acceptors (Lipinski definition) is 3. The summed E-state index contributed by atoms with van der Waals surface area (Å²) >= 11 is 0. The fourth-order valence-electron chi connectivity index (χ4n) is 3.45. The quantitative estimate of drug-likeness (QED) is 0.827. The number of urea groups is 1. The second-order valence-corrected chi connectivity index (χ2v) is 8.90. The Bertz CT molecular complexity index is 749. The van der Waals surface area contributed by atoms with Gasteiger partial charge in [0.15, 0.2) is 0 Å². The number of halogens is 1. The van der Waals surface area contributed by atoms with Crippen molar-refractivity contribution in [2.24, 2.45) is 0 Å². The number of sulfonamides is 1. The van der Waals surface area contributed by atoms with Crippen LogP contribution < -0.4 is 10.0 Å². The Hall–Kier alpha value is -1.67. The second-order valence-electron chi connectivity index (χ2n) is 7.12. The first-order chi connectivity index (χ1) is 11.8. The predicted molar refractivity (Wildman–Crippen MR) is 93.3 cm³/mol. The largest absolute Gasteiger partial charge is 0.337 e. The Morgan fingerprint density at radius 3 is 2.80 bits per heavy atom. The van der Waals surface area contributed by atoms with Crippen molar-refractivity contribution in [2.45, 2.75) is 37.1 Å². The van der Waals surface area contributed by atoms with E-state index in [9.17, 15) is 17.6 Å². The molecule has 6 nitrogen and oxygen atoms in total. The van der Waals surface area contributed by atoms with E-state index < -0.39 is 10.0 Å². The normalized spacial score (nSPS) is 22.5. The summed E-state index contributed by atoms with van der Waals surface area (Å²) in [4.78, 5) is 14.1. The summed E-state index contributed by atoms with van der Waals surface area (Å²) in [5.74, 6) is -0.263. The monoisotopic (exact) mass is 369 g/mol. The molecule has 2 aliphatic rings. The van der Waals surface area contributed by atoms with Crippen molar-refractivity contribution in [3.05, 3.63) is 35.6 Å². The first-order valence-electron chi connectivity index (χ1n) is 8.54. The van der Waals surface area contributed by atoms with E-state index in [1.165, 1.54) is 12.1 Å². The van der Waals surface area contributed by atoms with Gasteiger partial charge in [0, 0.05) is 31.1 Å². The average Bonchev–Trinajstić information content (AvgIpc) is 3.32. The number of benzene rings is 1. The van der Waals surface area contributed by atoms with Crippen molar-refractivity contribution in [1.82, 2.24) is 14.9 Å². The van der Waals surface area contributed by atoms with Crippen LogP contribution in [0.3, 0.4) is 0 Å². The summed E-state index contributed by atoms with van der Waals surface area (Å²) in [6.45, 7) is 1.45. The number of rotatable bonds is 5. The maximum Gasteiger partial charge on any atom is 0.317 e. The van der Waals surface area contributed by atoms with Crippen LogP contribution in [0.5, 0.6) is 0 Å². The molecule has 0 aromatic heterocycles. The summed E-state index contributed by atoms with van der Waals surface area (Å²) in [6, 6.07) is 6.11. The first-order valence-corrected chi connectivity index (χ1v) is 10.4. The van der Waals surface area contributed by atoms with Crippen LogP contribution in [0.1, 0.15) is 31.2 Å². The molecule has 1 heterocycles. The van der Waals surface area contributed by atoms with E-state index in [2.05, 4.69) is 10.0 Å².